The van der Waals surface area contributed by atoms with E-state index in [9.17, 15) is 9.59 Å². The van der Waals surface area contributed by atoms with Gasteiger partial charge in [0.1, 0.15) is 5.75 Å². The van der Waals surface area contributed by atoms with Gasteiger partial charge in [0.05, 0.1) is 17.7 Å². The Kier molecular flexibility index (Phi) is 7.15. The number of nitrogens with one attached hydrogen (secondary N) is 2. The maximum absolute atomic E-state index is 12.7. The summed E-state index contributed by atoms with van der Waals surface area (Å²) < 4.78 is 5.25. The highest BCUT2D eigenvalue weighted by Gasteiger charge is 2.22. The zero-order valence-electron chi connectivity index (χ0n) is 18.6. The lowest BCUT2D eigenvalue weighted by atomic mass is 10.1. The second kappa shape index (κ2) is 10.4. The number of aryl methyl sites for hydroxylation is 1. The molecule has 0 saturated heterocycles. The lowest BCUT2D eigenvalue weighted by molar-refractivity contribution is -0.112. The molecule has 0 saturated carbocycles. The molecule has 5 nitrogen and oxygen atoms in total. The number of rotatable bonds is 7. The highest BCUT2D eigenvalue weighted by molar-refractivity contribution is 8.04. The molecule has 2 amide bonds. The molecular formula is C27H26N2O3S. The van der Waals surface area contributed by atoms with Gasteiger partial charge in [-0.3, -0.25) is 9.59 Å². The van der Waals surface area contributed by atoms with Gasteiger partial charge in [-0.2, -0.15) is 0 Å². The third kappa shape index (κ3) is 5.84. The SMILES string of the molecule is COc1cccc(/C=C2/Sc3ccc(C(=O)N[C@H](C)CCc4ccccc4)cc3NC2=O)c1. The van der Waals surface area contributed by atoms with E-state index in [0.29, 0.717) is 16.2 Å². The second-order valence-electron chi connectivity index (χ2n) is 7.95. The van der Waals surface area contributed by atoms with Gasteiger partial charge in [0.15, 0.2) is 0 Å². The molecule has 1 heterocycles. The van der Waals surface area contributed by atoms with Gasteiger partial charge in [-0.1, -0.05) is 54.2 Å². The van der Waals surface area contributed by atoms with E-state index in [1.807, 2.05) is 61.5 Å². The van der Waals surface area contributed by atoms with Crippen LogP contribution in [-0.4, -0.2) is 25.0 Å². The summed E-state index contributed by atoms with van der Waals surface area (Å²) in [5.41, 5.74) is 3.32. The van der Waals surface area contributed by atoms with Crippen molar-refractivity contribution < 1.29 is 14.3 Å². The summed E-state index contributed by atoms with van der Waals surface area (Å²) in [6, 6.07) is 23.2. The van der Waals surface area contributed by atoms with Crippen LogP contribution in [0.5, 0.6) is 5.75 Å². The van der Waals surface area contributed by atoms with Crippen LogP contribution in [0.4, 0.5) is 5.69 Å². The number of fused-ring (bicyclic) bond motifs is 1. The number of carbonyl (C=O) groups excluding carboxylic acids is 2. The molecule has 0 radical (unpaired) electrons. The molecule has 33 heavy (non-hydrogen) atoms. The molecule has 0 aromatic heterocycles. The van der Waals surface area contributed by atoms with Gasteiger partial charge in [0, 0.05) is 16.5 Å². The van der Waals surface area contributed by atoms with Gasteiger partial charge in [-0.05, 0) is 67.3 Å². The van der Waals surface area contributed by atoms with Crippen molar-refractivity contribution in [2.45, 2.75) is 30.7 Å². The molecule has 1 aliphatic heterocycles. The number of amides is 2. The van der Waals surface area contributed by atoms with E-state index >= 15 is 0 Å². The van der Waals surface area contributed by atoms with Crippen molar-refractivity contribution in [1.29, 1.82) is 0 Å². The van der Waals surface area contributed by atoms with Crippen LogP contribution in [0.25, 0.3) is 6.08 Å². The van der Waals surface area contributed by atoms with Crippen molar-refractivity contribution in [1.82, 2.24) is 5.32 Å². The first-order valence-corrected chi connectivity index (χ1v) is 11.7. The first kappa shape index (κ1) is 22.7. The molecule has 0 bridgehead atoms. The smallest absolute Gasteiger partial charge is 0.262 e. The highest BCUT2D eigenvalue weighted by Crippen LogP contribution is 2.39. The second-order valence-corrected chi connectivity index (χ2v) is 9.03. The zero-order valence-corrected chi connectivity index (χ0v) is 19.4. The Morgan fingerprint density at radius 3 is 2.70 bits per heavy atom. The summed E-state index contributed by atoms with van der Waals surface area (Å²) in [7, 11) is 1.61. The Morgan fingerprint density at radius 2 is 1.91 bits per heavy atom. The fourth-order valence-electron chi connectivity index (χ4n) is 3.59. The van der Waals surface area contributed by atoms with E-state index in [1.54, 1.807) is 19.2 Å². The Morgan fingerprint density at radius 1 is 1.09 bits per heavy atom. The molecular weight excluding hydrogens is 432 g/mol. The summed E-state index contributed by atoms with van der Waals surface area (Å²) in [5, 5.41) is 5.97. The number of anilines is 1. The van der Waals surface area contributed by atoms with Gasteiger partial charge in [-0.25, -0.2) is 0 Å². The normalized spacial score (nSPS) is 14.8. The topological polar surface area (TPSA) is 67.4 Å². The summed E-state index contributed by atoms with van der Waals surface area (Å²) in [5.74, 6) is 0.402. The molecule has 0 fully saturated rings. The molecule has 3 aromatic rings. The van der Waals surface area contributed by atoms with E-state index in [0.717, 1.165) is 29.1 Å². The van der Waals surface area contributed by atoms with Gasteiger partial charge in [0.25, 0.3) is 11.8 Å². The maximum Gasteiger partial charge on any atom is 0.262 e. The molecule has 3 aromatic carbocycles. The average molecular weight is 459 g/mol. The monoisotopic (exact) mass is 458 g/mol. The minimum atomic E-state index is -0.191. The van der Waals surface area contributed by atoms with Crippen LogP contribution in [0.15, 0.2) is 82.6 Å². The van der Waals surface area contributed by atoms with Crippen LogP contribution in [0.2, 0.25) is 0 Å². The molecule has 6 heteroatoms. The quantitative estimate of drug-likeness (QED) is 0.457. The molecule has 0 aliphatic carbocycles. The summed E-state index contributed by atoms with van der Waals surface area (Å²) >= 11 is 1.39. The van der Waals surface area contributed by atoms with Crippen LogP contribution in [-0.2, 0) is 11.2 Å². The van der Waals surface area contributed by atoms with Crippen molar-refractivity contribution >= 4 is 35.3 Å². The summed E-state index contributed by atoms with van der Waals surface area (Å²) in [6.07, 6.45) is 3.59. The lowest BCUT2D eigenvalue weighted by Gasteiger charge is -2.20. The van der Waals surface area contributed by atoms with Crippen molar-refractivity contribution in [3.05, 3.63) is 94.4 Å². The van der Waals surface area contributed by atoms with Crippen LogP contribution in [0.3, 0.4) is 0 Å². The minimum Gasteiger partial charge on any atom is -0.497 e. The number of hydrogen-bond donors (Lipinski definition) is 2. The number of hydrogen-bond acceptors (Lipinski definition) is 4. The Labute approximate surface area is 198 Å². The Hall–Kier alpha value is -3.51. The van der Waals surface area contributed by atoms with E-state index in [-0.39, 0.29) is 17.9 Å². The molecule has 0 spiro atoms. The van der Waals surface area contributed by atoms with Crippen molar-refractivity contribution in [3.8, 4) is 5.75 Å². The van der Waals surface area contributed by atoms with Crippen molar-refractivity contribution in [2.24, 2.45) is 0 Å². The average Bonchev–Trinajstić information content (AvgIpc) is 2.83. The van der Waals surface area contributed by atoms with Crippen LogP contribution >= 0.6 is 11.8 Å². The molecule has 2 N–H and O–H groups in total. The van der Waals surface area contributed by atoms with Crippen LogP contribution in [0.1, 0.15) is 34.8 Å². The van der Waals surface area contributed by atoms with Gasteiger partial charge >= 0.3 is 0 Å². The molecule has 0 unspecified atom stereocenters. The van der Waals surface area contributed by atoms with Crippen LogP contribution < -0.4 is 15.4 Å². The summed E-state index contributed by atoms with van der Waals surface area (Å²) in [6.45, 7) is 2.01. The Balaban J connectivity index is 1.41. The fraction of sp³-hybridized carbons (Fsp3) is 0.185. The first-order valence-electron chi connectivity index (χ1n) is 10.9. The van der Waals surface area contributed by atoms with Gasteiger partial charge in [-0.15, -0.1) is 0 Å². The molecule has 1 atom stereocenters. The van der Waals surface area contributed by atoms with E-state index < -0.39 is 0 Å². The summed E-state index contributed by atoms with van der Waals surface area (Å²) in [4.78, 5) is 26.9. The van der Waals surface area contributed by atoms with Crippen molar-refractivity contribution in [2.75, 3.05) is 12.4 Å². The predicted molar refractivity (Wildman–Crippen MR) is 134 cm³/mol. The van der Waals surface area contributed by atoms with E-state index in [1.165, 1.54) is 17.3 Å². The molecule has 4 rings (SSSR count). The van der Waals surface area contributed by atoms with Gasteiger partial charge < -0.3 is 15.4 Å². The largest absolute Gasteiger partial charge is 0.497 e. The third-order valence-electron chi connectivity index (χ3n) is 5.41. The van der Waals surface area contributed by atoms with E-state index in [2.05, 4.69) is 22.8 Å². The van der Waals surface area contributed by atoms with E-state index in [4.69, 9.17) is 4.74 Å². The third-order valence-corrected chi connectivity index (χ3v) is 6.51. The Bertz CT molecular complexity index is 1190. The lowest BCUT2D eigenvalue weighted by Crippen LogP contribution is -2.33. The standard InChI is InChI=1S/C27H26N2O3S/c1-18(11-12-19-7-4-3-5-8-19)28-26(30)21-13-14-24-23(17-21)29-27(31)25(33-24)16-20-9-6-10-22(15-20)32-2/h3-10,13-18H,11-12H2,1-2H3,(H,28,30)(H,29,31)/b25-16+/t18-/m1/s1. The zero-order chi connectivity index (χ0) is 23.2. The van der Waals surface area contributed by atoms with Crippen LogP contribution in [0, 0.1) is 0 Å². The minimum absolute atomic E-state index is 0.0371. The number of ether oxygens (including phenoxy) is 1. The predicted octanol–water partition coefficient (Wildman–Crippen LogP) is 5.53. The number of thioether (sulfide) groups is 1. The number of methoxy groups -OCH3 is 1. The van der Waals surface area contributed by atoms with Crippen molar-refractivity contribution in [3.63, 3.8) is 0 Å². The number of benzene rings is 3. The van der Waals surface area contributed by atoms with Gasteiger partial charge in [0.2, 0.25) is 0 Å². The number of carbonyl (C=O) groups is 2. The molecule has 168 valence electrons. The fourth-order valence-corrected chi connectivity index (χ4v) is 4.52. The highest BCUT2D eigenvalue weighted by atomic mass is 32.2. The first-order chi connectivity index (χ1) is 16.0. The maximum atomic E-state index is 12.7. The molecule has 1 aliphatic rings.